The van der Waals surface area contributed by atoms with Crippen molar-refractivity contribution in [2.45, 2.75) is 37.7 Å². The van der Waals surface area contributed by atoms with Crippen LogP contribution in [0.2, 0.25) is 0 Å². The van der Waals surface area contributed by atoms with Crippen LogP contribution in [0.15, 0.2) is 24.3 Å². The standard InChI is InChI=1S/C18H23FN2O3/c1-13(22)16(23)20-8-10-21(11-9-20)17(24)18(6-3-7-18)14-4-2-5-15(19)12-14/h2,4-5,12-13,22H,3,6-11H2,1H3. The molecule has 24 heavy (non-hydrogen) atoms. The van der Waals surface area contributed by atoms with Crippen LogP contribution in [0.1, 0.15) is 31.7 Å². The highest BCUT2D eigenvalue weighted by Gasteiger charge is 2.48. The van der Waals surface area contributed by atoms with Crippen LogP contribution in [0, 0.1) is 5.82 Å². The molecule has 2 amide bonds. The molecule has 1 atom stereocenters. The minimum atomic E-state index is -1.02. The molecule has 1 aliphatic carbocycles. The van der Waals surface area contributed by atoms with Crippen molar-refractivity contribution in [3.8, 4) is 0 Å². The first kappa shape index (κ1) is 16.9. The number of amides is 2. The number of carbonyl (C=O) groups is 2. The Balaban J connectivity index is 1.71. The van der Waals surface area contributed by atoms with E-state index in [4.69, 9.17) is 0 Å². The second-order valence-corrected chi connectivity index (χ2v) is 6.74. The number of nitrogens with zero attached hydrogens (tertiary/aromatic N) is 2. The lowest BCUT2D eigenvalue weighted by Crippen LogP contribution is -2.58. The molecule has 0 radical (unpaired) electrons. The van der Waals surface area contributed by atoms with E-state index in [0.29, 0.717) is 26.2 Å². The molecule has 1 heterocycles. The molecule has 3 rings (SSSR count). The minimum Gasteiger partial charge on any atom is -0.384 e. The van der Waals surface area contributed by atoms with Gasteiger partial charge in [0.25, 0.3) is 5.91 Å². The van der Waals surface area contributed by atoms with E-state index in [0.717, 1.165) is 24.8 Å². The van der Waals surface area contributed by atoms with Crippen LogP contribution in [0.4, 0.5) is 4.39 Å². The molecule has 1 N–H and O–H groups in total. The number of halogens is 1. The molecule has 6 heteroatoms. The van der Waals surface area contributed by atoms with Gasteiger partial charge in [-0.15, -0.1) is 0 Å². The summed E-state index contributed by atoms with van der Waals surface area (Å²) in [4.78, 5) is 28.3. The molecule has 2 fully saturated rings. The molecule has 0 spiro atoms. The predicted molar refractivity (Wildman–Crippen MR) is 86.8 cm³/mol. The molecular weight excluding hydrogens is 311 g/mol. The van der Waals surface area contributed by atoms with E-state index in [1.165, 1.54) is 19.1 Å². The van der Waals surface area contributed by atoms with Crippen LogP contribution in [-0.4, -0.2) is 59.0 Å². The van der Waals surface area contributed by atoms with E-state index in [1.807, 2.05) is 6.07 Å². The Hall–Kier alpha value is -1.95. The Morgan fingerprint density at radius 2 is 1.79 bits per heavy atom. The first-order valence-corrected chi connectivity index (χ1v) is 8.46. The van der Waals surface area contributed by atoms with Gasteiger partial charge in [-0.3, -0.25) is 9.59 Å². The summed E-state index contributed by atoms with van der Waals surface area (Å²) in [7, 11) is 0. The number of aliphatic hydroxyl groups is 1. The smallest absolute Gasteiger partial charge is 0.251 e. The molecule has 5 nitrogen and oxygen atoms in total. The third kappa shape index (κ3) is 2.90. The predicted octanol–water partition coefficient (Wildman–Crippen LogP) is 1.30. The van der Waals surface area contributed by atoms with Gasteiger partial charge in [0.05, 0.1) is 5.41 Å². The minimum absolute atomic E-state index is 0.0310. The van der Waals surface area contributed by atoms with Crippen LogP contribution in [-0.2, 0) is 15.0 Å². The highest BCUT2D eigenvalue weighted by atomic mass is 19.1. The van der Waals surface area contributed by atoms with Crippen LogP contribution >= 0.6 is 0 Å². The Morgan fingerprint density at radius 3 is 2.29 bits per heavy atom. The third-order valence-corrected chi connectivity index (χ3v) is 5.23. The summed E-state index contributed by atoms with van der Waals surface area (Å²) in [6.45, 7) is 3.21. The van der Waals surface area contributed by atoms with Gasteiger partial charge in [-0.2, -0.15) is 0 Å². The summed E-state index contributed by atoms with van der Waals surface area (Å²) >= 11 is 0. The van der Waals surface area contributed by atoms with Crippen molar-refractivity contribution in [2.24, 2.45) is 0 Å². The fourth-order valence-electron chi connectivity index (χ4n) is 3.64. The molecular formula is C18H23FN2O3. The fourth-order valence-corrected chi connectivity index (χ4v) is 3.64. The lowest BCUT2D eigenvalue weighted by molar-refractivity contribution is -0.148. The maximum Gasteiger partial charge on any atom is 0.251 e. The highest BCUT2D eigenvalue weighted by molar-refractivity contribution is 5.89. The quantitative estimate of drug-likeness (QED) is 0.906. The highest BCUT2D eigenvalue weighted by Crippen LogP contribution is 2.45. The van der Waals surface area contributed by atoms with Gasteiger partial charge in [-0.1, -0.05) is 18.6 Å². The molecule has 2 aliphatic rings. The van der Waals surface area contributed by atoms with E-state index < -0.39 is 11.5 Å². The SMILES string of the molecule is CC(O)C(=O)N1CCN(C(=O)C2(c3cccc(F)c3)CCC2)CC1. The Bertz CT molecular complexity index is 635. The summed E-state index contributed by atoms with van der Waals surface area (Å²) in [6, 6.07) is 6.33. The second-order valence-electron chi connectivity index (χ2n) is 6.74. The summed E-state index contributed by atoms with van der Waals surface area (Å²) in [5.41, 5.74) is 0.139. The number of aliphatic hydroxyl groups excluding tert-OH is 1. The van der Waals surface area contributed by atoms with Gasteiger partial charge in [0.2, 0.25) is 5.91 Å². The van der Waals surface area contributed by atoms with E-state index in [9.17, 15) is 19.1 Å². The van der Waals surface area contributed by atoms with Gasteiger partial charge in [0.15, 0.2) is 0 Å². The molecule has 130 valence electrons. The number of piperazine rings is 1. The zero-order chi connectivity index (χ0) is 17.3. The van der Waals surface area contributed by atoms with Crippen molar-refractivity contribution in [1.29, 1.82) is 0 Å². The first-order valence-electron chi connectivity index (χ1n) is 8.46. The summed E-state index contributed by atoms with van der Waals surface area (Å²) in [5, 5.41) is 9.39. The summed E-state index contributed by atoms with van der Waals surface area (Å²) in [6.07, 6.45) is 1.42. The zero-order valence-electron chi connectivity index (χ0n) is 13.9. The van der Waals surface area contributed by atoms with Crippen molar-refractivity contribution < 1.29 is 19.1 Å². The van der Waals surface area contributed by atoms with E-state index >= 15 is 0 Å². The van der Waals surface area contributed by atoms with Gasteiger partial charge >= 0.3 is 0 Å². The lowest BCUT2D eigenvalue weighted by atomic mass is 9.63. The Labute approximate surface area is 141 Å². The van der Waals surface area contributed by atoms with Crippen molar-refractivity contribution >= 4 is 11.8 Å². The van der Waals surface area contributed by atoms with E-state index in [2.05, 4.69) is 0 Å². The average molecular weight is 334 g/mol. The van der Waals surface area contributed by atoms with E-state index in [1.54, 1.807) is 15.9 Å². The monoisotopic (exact) mass is 334 g/mol. The number of rotatable bonds is 3. The number of hydrogen-bond acceptors (Lipinski definition) is 3. The normalized spacial score (nSPS) is 21.1. The largest absolute Gasteiger partial charge is 0.384 e. The van der Waals surface area contributed by atoms with Crippen LogP contribution < -0.4 is 0 Å². The topological polar surface area (TPSA) is 60.9 Å². The molecule has 1 saturated heterocycles. The third-order valence-electron chi connectivity index (χ3n) is 5.23. The Morgan fingerprint density at radius 1 is 1.17 bits per heavy atom. The summed E-state index contributed by atoms with van der Waals surface area (Å²) < 4.78 is 13.6. The van der Waals surface area contributed by atoms with Gasteiger partial charge < -0.3 is 14.9 Å². The van der Waals surface area contributed by atoms with Crippen molar-refractivity contribution in [3.05, 3.63) is 35.6 Å². The summed E-state index contributed by atoms with van der Waals surface area (Å²) in [5.74, 6) is -0.590. The molecule has 0 aromatic heterocycles. The maximum atomic E-state index is 13.6. The molecule has 1 aliphatic heterocycles. The van der Waals surface area contributed by atoms with Crippen molar-refractivity contribution in [1.82, 2.24) is 9.80 Å². The number of hydrogen-bond donors (Lipinski definition) is 1. The maximum absolute atomic E-state index is 13.6. The fraction of sp³-hybridized carbons (Fsp3) is 0.556. The van der Waals surface area contributed by atoms with Crippen molar-refractivity contribution in [2.75, 3.05) is 26.2 Å². The van der Waals surface area contributed by atoms with Crippen LogP contribution in [0.25, 0.3) is 0 Å². The second kappa shape index (κ2) is 6.51. The Kier molecular flexibility index (Phi) is 4.58. The average Bonchev–Trinajstić information content (AvgIpc) is 2.53. The van der Waals surface area contributed by atoms with Gasteiger partial charge in [-0.05, 0) is 37.5 Å². The van der Waals surface area contributed by atoms with Gasteiger partial charge in [-0.25, -0.2) is 4.39 Å². The molecule has 0 bridgehead atoms. The van der Waals surface area contributed by atoms with E-state index in [-0.39, 0.29) is 17.6 Å². The molecule has 1 aromatic rings. The number of carbonyl (C=O) groups excluding carboxylic acids is 2. The molecule has 1 saturated carbocycles. The van der Waals surface area contributed by atoms with Gasteiger partial charge in [0.1, 0.15) is 11.9 Å². The lowest BCUT2D eigenvalue weighted by Gasteiger charge is -2.46. The van der Waals surface area contributed by atoms with Crippen LogP contribution in [0.5, 0.6) is 0 Å². The molecule has 1 aromatic carbocycles. The first-order chi connectivity index (χ1) is 11.4. The van der Waals surface area contributed by atoms with Crippen LogP contribution in [0.3, 0.4) is 0 Å². The zero-order valence-corrected chi connectivity index (χ0v) is 13.9. The molecule has 1 unspecified atom stereocenters. The van der Waals surface area contributed by atoms with Crippen molar-refractivity contribution in [3.63, 3.8) is 0 Å². The van der Waals surface area contributed by atoms with Gasteiger partial charge in [0, 0.05) is 26.2 Å². The number of benzene rings is 1.